The molecule has 0 rings (SSSR count). The predicted octanol–water partition coefficient (Wildman–Crippen LogP) is 3.06. The lowest BCUT2D eigenvalue weighted by Crippen LogP contribution is -2.19. The molecule has 0 N–H and O–H groups in total. The normalized spacial score (nSPS) is 14.2. The Bertz CT molecular complexity index is 267. The molecule has 0 saturated carbocycles. The van der Waals surface area contributed by atoms with Gasteiger partial charge in [0.2, 0.25) is 0 Å². The van der Waals surface area contributed by atoms with Gasteiger partial charge in [-0.2, -0.15) is 4.40 Å². The molecule has 0 unspecified atom stereocenters. The van der Waals surface area contributed by atoms with E-state index in [1.54, 1.807) is 6.21 Å². The maximum Gasteiger partial charge on any atom is 0.144 e. The molecule has 4 heteroatoms. The van der Waals surface area contributed by atoms with E-state index in [-0.39, 0.29) is 4.75 Å². The third-order valence-electron chi connectivity index (χ3n) is 2.13. The van der Waals surface area contributed by atoms with Gasteiger partial charge in [0.1, 0.15) is 16.8 Å². The molecule has 0 heterocycles. The molecule has 0 fully saturated rings. The number of nitrogens with zero attached hydrogens (tertiary/aromatic N) is 1. The lowest BCUT2D eigenvalue weighted by atomic mass is 10.1. The zero-order valence-corrected chi connectivity index (χ0v) is 11.6. The Morgan fingerprint density at radius 2 is 1.94 bits per heavy atom. The van der Waals surface area contributed by atoms with Crippen molar-refractivity contribution in [3.8, 4) is 0 Å². The Kier molecular flexibility index (Phi) is 7.47. The summed E-state index contributed by atoms with van der Waals surface area (Å²) in [6, 6.07) is 0. The third-order valence-corrected chi connectivity index (χ3v) is 3.52. The van der Waals surface area contributed by atoms with Gasteiger partial charge in [0.15, 0.2) is 0 Å². The number of carbonyl (C=O) groups is 1. The van der Waals surface area contributed by atoms with Gasteiger partial charge in [0, 0.05) is 19.1 Å². The zero-order valence-electron chi connectivity index (χ0n) is 10.8. The van der Waals surface area contributed by atoms with Crippen molar-refractivity contribution in [3.05, 3.63) is 0 Å². The van der Waals surface area contributed by atoms with E-state index < -0.39 is 11.0 Å². The monoisotopic (exact) mass is 245 g/mol. The topological polar surface area (TPSA) is 46.5 Å². The fourth-order valence-corrected chi connectivity index (χ4v) is 1.57. The van der Waals surface area contributed by atoms with Crippen molar-refractivity contribution in [1.82, 2.24) is 0 Å². The highest BCUT2D eigenvalue weighted by Gasteiger charge is 2.17. The SMILES string of the molecule is CCC(=O)CCCC/C=N/[S@](=O)C(C)(C)C. The Labute approximate surface area is 101 Å². The summed E-state index contributed by atoms with van der Waals surface area (Å²) in [7, 11) is -1.15. The maximum absolute atomic E-state index is 11.5. The van der Waals surface area contributed by atoms with Gasteiger partial charge in [0.05, 0.1) is 4.75 Å². The Balaban J connectivity index is 3.63. The molecule has 3 nitrogen and oxygen atoms in total. The van der Waals surface area contributed by atoms with Crippen molar-refractivity contribution in [1.29, 1.82) is 0 Å². The van der Waals surface area contributed by atoms with Gasteiger partial charge in [-0.05, 0) is 40.0 Å². The van der Waals surface area contributed by atoms with Crippen LogP contribution in [0.15, 0.2) is 4.40 Å². The van der Waals surface area contributed by atoms with Crippen LogP contribution in [-0.4, -0.2) is 21.0 Å². The van der Waals surface area contributed by atoms with E-state index >= 15 is 0 Å². The maximum atomic E-state index is 11.5. The first kappa shape index (κ1) is 15.5. The van der Waals surface area contributed by atoms with E-state index in [4.69, 9.17) is 0 Å². The van der Waals surface area contributed by atoms with Gasteiger partial charge in [-0.15, -0.1) is 0 Å². The molecule has 0 amide bonds. The van der Waals surface area contributed by atoms with Crippen LogP contribution in [0.4, 0.5) is 0 Å². The van der Waals surface area contributed by atoms with Crippen LogP contribution in [0, 0.1) is 0 Å². The highest BCUT2D eigenvalue weighted by Crippen LogP contribution is 2.11. The molecule has 0 radical (unpaired) electrons. The molecule has 0 aromatic carbocycles. The standard InChI is InChI=1S/C12H23NO2S/c1-5-11(14)9-7-6-8-10-13-16(15)12(2,3)4/h10H,5-9H2,1-4H3/b13-10+/t16-/m1/s1. The first-order chi connectivity index (χ1) is 7.38. The van der Waals surface area contributed by atoms with Crippen molar-refractivity contribution in [2.75, 3.05) is 0 Å². The molecule has 0 saturated heterocycles. The van der Waals surface area contributed by atoms with Crippen LogP contribution < -0.4 is 0 Å². The number of rotatable bonds is 7. The van der Waals surface area contributed by atoms with Gasteiger partial charge < -0.3 is 0 Å². The van der Waals surface area contributed by atoms with Crippen molar-refractivity contribution < 1.29 is 9.00 Å². The highest BCUT2D eigenvalue weighted by molar-refractivity contribution is 7.85. The molecule has 0 bridgehead atoms. The fourth-order valence-electron chi connectivity index (χ4n) is 1.01. The first-order valence-corrected chi connectivity index (χ1v) is 6.94. The summed E-state index contributed by atoms with van der Waals surface area (Å²) >= 11 is 0. The summed E-state index contributed by atoms with van der Waals surface area (Å²) in [5.74, 6) is 0.315. The first-order valence-electron chi connectivity index (χ1n) is 5.84. The van der Waals surface area contributed by atoms with Gasteiger partial charge in [-0.25, -0.2) is 4.21 Å². The lowest BCUT2D eigenvalue weighted by molar-refractivity contribution is -0.118. The Hall–Kier alpha value is -0.510. The Morgan fingerprint density at radius 1 is 1.31 bits per heavy atom. The largest absolute Gasteiger partial charge is 0.300 e. The van der Waals surface area contributed by atoms with Gasteiger partial charge in [-0.3, -0.25) is 4.79 Å². The number of Topliss-reactive ketones (excluding diaryl/α,β-unsaturated/α-hetero) is 1. The van der Waals surface area contributed by atoms with Crippen molar-refractivity contribution in [2.24, 2.45) is 4.40 Å². The molecule has 0 aliphatic carbocycles. The van der Waals surface area contributed by atoms with Crippen LogP contribution in [0.2, 0.25) is 0 Å². The van der Waals surface area contributed by atoms with E-state index in [1.807, 2.05) is 27.7 Å². The van der Waals surface area contributed by atoms with Crippen molar-refractivity contribution >= 4 is 23.0 Å². The zero-order chi connectivity index (χ0) is 12.6. The second kappa shape index (κ2) is 7.71. The molecule has 0 aliphatic heterocycles. The number of unbranched alkanes of at least 4 members (excludes halogenated alkanes) is 2. The highest BCUT2D eigenvalue weighted by atomic mass is 32.2. The molecular formula is C12H23NO2S. The number of ketones is 1. The summed E-state index contributed by atoms with van der Waals surface area (Å²) in [4.78, 5) is 11.0. The summed E-state index contributed by atoms with van der Waals surface area (Å²) in [6.45, 7) is 7.59. The van der Waals surface area contributed by atoms with Gasteiger partial charge in [-0.1, -0.05) is 6.92 Å². The fraction of sp³-hybridized carbons (Fsp3) is 0.833. The predicted molar refractivity (Wildman–Crippen MR) is 70.2 cm³/mol. The van der Waals surface area contributed by atoms with E-state index in [0.29, 0.717) is 18.6 Å². The van der Waals surface area contributed by atoms with Crippen LogP contribution in [0.3, 0.4) is 0 Å². The molecule has 0 aromatic heterocycles. The minimum atomic E-state index is -1.15. The van der Waals surface area contributed by atoms with E-state index in [1.165, 1.54) is 0 Å². The number of hydrogen-bond donors (Lipinski definition) is 0. The van der Waals surface area contributed by atoms with Crippen molar-refractivity contribution in [3.63, 3.8) is 0 Å². The molecule has 0 aromatic rings. The molecule has 0 aliphatic rings. The summed E-state index contributed by atoms with van der Waals surface area (Å²) in [5, 5.41) is 0. The molecular weight excluding hydrogens is 222 g/mol. The minimum Gasteiger partial charge on any atom is -0.300 e. The third kappa shape index (κ3) is 7.74. The Morgan fingerprint density at radius 3 is 2.44 bits per heavy atom. The molecule has 16 heavy (non-hydrogen) atoms. The van der Waals surface area contributed by atoms with Crippen LogP contribution in [-0.2, 0) is 15.8 Å². The molecule has 94 valence electrons. The smallest absolute Gasteiger partial charge is 0.144 e. The average Bonchev–Trinajstić information content (AvgIpc) is 2.20. The average molecular weight is 245 g/mol. The number of carbonyl (C=O) groups excluding carboxylic acids is 1. The van der Waals surface area contributed by atoms with Crippen LogP contribution in [0.5, 0.6) is 0 Å². The summed E-state index contributed by atoms with van der Waals surface area (Å²) in [6.07, 6.45) is 5.66. The lowest BCUT2D eigenvalue weighted by Gasteiger charge is -2.12. The summed E-state index contributed by atoms with van der Waals surface area (Å²) < 4.78 is 15.2. The number of hydrogen-bond acceptors (Lipinski definition) is 2. The van der Waals surface area contributed by atoms with Gasteiger partial charge >= 0.3 is 0 Å². The van der Waals surface area contributed by atoms with Crippen LogP contribution in [0.25, 0.3) is 0 Å². The van der Waals surface area contributed by atoms with Crippen LogP contribution >= 0.6 is 0 Å². The van der Waals surface area contributed by atoms with E-state index in [9.17, 15) is 9.00 Å². The molecule has 1 atom stereocenters. The van der Waals surface area contributed by atoms with E-state index in [0.717, 1.165) is 19.3 Å². The minimum absolute atomic E-state index is 0.283. The van der Waals surface area contributed by atoms with Crippen molar-refractivity contribution in [2.45, 2.75) is 64.5 Å². The second-order valence-electron chi connectivity index (χ2n) is 4.79. The molecule has 0 spiro atoms. The quantitative estimate of drug-likeness (QED) is 0.511. The van der Waals surface area contributed by atoms with E-state index in [2.05, 4.69) is 4.40 Å². The summed E-state index contributed by atoms with van der Waals surface area (Å²) in [5.41, 5.74) is 0. The second-order valence-corrected chi connectivity index (χ2v) is 6.72. The van der Waals surface area contributed by atoms with Crippen LogP contribution in [0.1, 0.15) is 59.8 Å². The van der Waals surface area contributed by atoms with Gasteiger partial charge in [0.25, 0.3) is 0 Å².